The van der Waals surface area contributed by atoms with Crippen LogP contribution in [0, 0.1) is 0 Å². The van der Waals surface area contributed by atoms with Crippen LogP contribution >= 0.6 is 23.2 Å². The van der Waals surface area contributed by atoms with Gasteiger partial charge >= 0.3 is 6.09 Å². The summed E-state index contributed by atoms with van der Waals surface area (Å²) < 4.78 is 0. The van der Waals surface area contributed by atoms with Gasteiger partial charge in [0.05, 0.1) is 6.04 Å². The first-order chi connectivity index (χ1) is 9.01. The van der Waals surface area contributed by atoms with Crippen molar-refractivity contribution in [3.8, 4) is 0 Å². The van der Waals surface area contributed by atoms with E-state index < -0.39 is 12.1 Å². The van der Waals surface area contributed by atoms with Crippen LogP contribution in [-0.2, 0) is 11.2 Å². The molecule has 0 aliphatic heterocycles. The maximum Gasteiger partial charge on any atom is 0.404 e. The Morgan fingerprint density at radius 3 is 2.42 bits per heavy atom. The molecule has 0 fully saturated rings. The molecule has 0 aliphatic rings. The third kappa shape index (κ3) is 6.31. The molecular formula is C12H14Cl2N2O3. The zero-order chi connectivity index (χ0) is 14.3. The molecule has 1 aromatic rings. The Balaban J connectivity index is 2.60. The summed E-state index contributed by atoms with van der Waals surface area (Å²) in [5, 5.41) is 14.3. The van der Waals surface area contributed by atoms with Crippen LogP contribution in [0.3, 0.4) is 0 Å². The van der Waals surface area contributed by atoms with E-state index in [-0.39, 0.29) is 18.3 Å². The lowest BCUT2D eigenvalue weighted by molar-refractivity contribution is -0.118. The van der Waals surface area contributed by atoms with Gasteiger partial charge in [0.1, 0.15) is 5.88 Å². The number of rotatable bonds is 6. The highest BCUT2D eigenvalue weighted by Gasteiger charge is 2.13. The molecule has 0 radical (unpaired) electrons. The maximum atomic E-state index is 11.1. The van der Waals surface area contributed by atoms with Crippen molar-refractivity contribution in [3.05, 3.63) is 34.9 Å². The number of amides is 2. The van der Waals surface area contributed by atoms with Gasteiger partial charge in [-0.25, -0.2) is 4.79 Å². The Kier molecular flexibility index (Phi) is 6.45. The second-order valence-corrected chi connectivity index (χ2v) is 4.62. The molecule has 0 aliphatic carbocycles. The number of hydrogen-bond acceptors (Lipinski definition) is 2. The summed E-state index contributed by atoms with van der Waals surface area (Å²) in [6.45, 7) is 0.181. The average molecular weight is 305 g/mol. The van der Waals surface area contributed by atoms with Gasteiger partial charge in [-0.05, 0) is 24.1 Å². The number of nitrogens with one attached hydrogen (secondary N) is 2. The minimum absolute atomic E-state index is 0.152. The van der Waals surface area contributed by atoms with Crippen molar-refractivity contribution in [1.29, 1.82) is 0 Å². The summed E-state index contributed by atoms with van der Waals surface area (Å²) in [5.74, 6) is -0.490. The molecule has 0 heterocycles. The van der Waals surface area contributed by atoms with E-state index in [9.17, 15) is 9.59 Å². The Morgan fingerprint density at radius 1 is 1.26 bits per heavy atom. The summed E-state index contributed by atoms with van der Waals surface area (Å²) in [6, 6.07) is 6.65. The monoisotopic (exact) mass is 304 g/mol. The fourth-order valence-corrected chi connectivity index (χ4v) is 1.76. The smallest absolute Gasteiger partial charge is 0.404 e. The van der Waals surface area contributed by atoms with Crippen LogP contribution in [0.4, 0.5) is 4.79 Å². The number of benzene rings is 1. The van der Waals surface area contributed by atoms with Crippen molar-refractivity contribution in [2.24, 2.45) is 0 Å². The van der Waals surface area contributed by atoms with Crippen LogP contribution in [0.5, 0.6) is 0 Å². The summed E-state index contributed by atoms with van der Waals surface area (Å²) in [7, 11) is 0. The Labute approximate surface area is 120 Å². The summed E-state index contributed by atoms with van der Waals surface area (Å²) in [4.78, 5) is 21.8. The fraction of sp³-hybridized carbons (Fsp3) is 0.333. The molecule has 1 rings (SSSR count). The Hall–Kier alpha value is -1.46. The van der Waals surface area contributed by atoms with Crippen LogP contribution < -0.4 is 10.6 Å². The zero-order valence-corrected chi connectivity index (χ0v) is 11.5. The lowest BCUT2D eigenvalue weighted by atomic mass is 10.1. The van der Waals surface area contributed by atoms with Gasteiger partial charge in [-0.2, -0.15) is 0 Å². The topological polar surface area (TPSA) is 78.4 Å². The molecule has 2 amide bonds. The SMILES string of the molecule is O=C(O)NC(CNC(=O)CCl)Cc1ccc(Cl)cc1. The molecular weight excluding hydrogens is 291 g/mol. The highest BCUT2D eigenvalue weighted by Crippen LogP contribution is 2.11. The van der Waals surface area contributed by atoms with Gasteiger partial charge in [0.2, 0.25) is 5.91 Å². The van der Waals surface area contributed by atoms with Crippen LogP contribution in [0.2, 0.25) is 5.02 Å². The van der Waals surface area contributed by atoms with E-state index in [2.05, 4.69) is 10.6 Å². The number of carboxylic acid groups (broad SMARTS) is 1. The zero-order valence-electron chi connectivity index (χ0n) is 10.0. The standard InChI is InChI=1S/C12H14Cl2N2O3/c13-6-11(17)15-7-10(16-12(18)19)5-8-1-3-9(14)4-2-8/h1-4,10,16H,5-7H2,(H,15,17)(H,18,19). The molecule has 0 spiro atoms. The second kappa shape index (κ2) is 7.86. The maximum absolute atomic E-state index is 11.1. The highest BCUT2D eigenvalue weighted by atomic mass is 35.5. The summed E-state index contributed by atoms with van der Waals surface area (Å²) in [6.07, 6.45) is -0.689. The Morgan fingerprint density at radius 2 is 1.89 bits per heavy atom. The first-order valence-corrected chi connectivity index (χ1v) is 6.49. The minimum atomic E-state index is -1.14. The van der Waals surface area contributed by atoms with E-state index in [4.69, 9.17) is 28.3 Å². The number of carbonyl (C=O) groups is 2. The predicted octanol–water partition coefficient (Wildman–Crippen LogP) is 1.87. The van der Waals surface area contributed by atoms with Gasteiger partial charge in [0.25, 0.3) is 0 Å². The van der Waals surface area contributed by atoms with Gasteiger partial charge in [-0.1, -0.05) is 23.7 Å². The van der Waals surface area contributed by atoms with Gasteiger partial charge in [0.15, 0.2) is 0 Å². The molecule has 0 saturated carbocycles. The molecule has 3 N–H and O–H groups in total. The van der Waals surface area contributed by atoms with Crippen molar-refractivity contribution in [1.82, 2.24) is 10.6 Å². The van der Waals surface area contributed by atoms with E-state index in [1.807, 2.05) is 12.1 Å². The molecule has 1 aromatic carbocycles. The molecule has 1 atom stereocenters. The normalized spacial score (nSPS) is 11.7. The van der Waals surface area contributed by atoms with E-state index in [1.165, 1.54) is 0 Å². The summed E-state index contributed by atoms with van der Waals surface area (Å²) >= 11 is 11.1. The Bertz CT molecular complexity index is 437. The number of halogens is 2. The van der Waals surface area contributed by atoms with E-state index in [0.29, 0.717) is 11.4 Å². The van der Waals surface area contributed by atoms with E-state index in [1.54, 1.807) is 12.1 Å². The number of carbonyl (C=O) groups excluding carboxylic acids is 1. The van der Waals surface area contributed by atoms with Crippen LogP contribution in [0.15, 0.2) is 24.3 Å². The largest absolute Gasteiger partial charge is 0.465 e. The predicted molar refractivity (Wildman–Crippen MR) is 73.8 cm³/mol. The van der Waals surface area contributed by atoms with Gasteiger partial charge in [0, 0.05) is 11.6 Å². The molecule has 7 heteroatoms. The van der Waals surface area contributed by atoms with E-state index >= 15 is 0 Å². The minimum Gasteiger partial charge on any atom is -0.465 e. The van der Waals surface area contributed by atoms with Crippen LogP contribution in [-0.4, -0.2) is 35.6 Å². The third-order valence-corrected chi connectivity index (χ3v) is 2.88. The third-order valence-electron chi connectivity index (χ3n) is 2.39. The number of hydrogen-bond donors (Lipinski definition) is 3. The lowest BCUT2D eigenvalue weighted by Gasteiger charge is -2.17. The van der Waals surface area contributed by atoms with Crippen molar-refractivity contribution in [3.63, 3.8) is 0 Å². The quantitative estimate of drug-likeness (QED) is 0.702. The molecule has 0 saturated heterocycles. The molecule has 5 nitrogen and oxygen atoms in total. The van der Waals surface area contributed by atoms with Crippen molar-refractivity contribution in [2.75, 3.05) is 12.4 Å². The second-order valence-electron chi connectivity index (χ2n) is 3.91. The van der Waals surface area contributed by atoms with Crippen molar-refractivity contribution < 1.29 is 14.7 Å². The molecule has 104 valence electrons. The van der Waals surface area contributed by atoms with Gasteiger partial charge in [-0.3, -0.25) is 4.79 Å². The highest BCUT2D eigenvalue weighted by molar-refractivity contribution is 6.30. The lowest BCUT2D eigenvalue weighted by Crippen LogP contribution is -2.44. The molecule has 19 heavy (non-hydrogen) atoms. The first-order valence-electron chi connectivity index (χ1n) is 5.58. The number of alkyl halides is 1. The van der Waals surface area contributed by atoms with Crippen LogP contribution in [0.1, 0.15) is 5.56 Å². The van der Waals surface area contributed by atoms with Crippen molar-refractivity contribution in [2.45, 2.75) is 12.5 Å². The molecule has 1 unspecified atom stereocenters. The van der Waals surface area contributed by atoms with Gasteiger partial charge in [-0.15, -0.1) is 11.6 Å². The fourth-order valence-electron chi connectivity index (χ4n) is 1.54. The molecule has 0 aromatic heterocycles. The van der Waals surface area contributed by atoms with Crippen LogP contribution in [0.25, 0.3) is 0 Å². The summed E-state index contributed by atoms with van der Waals surface area (Å²) in [5.41, 5.74) is 0.920. The van der Waals surface area contributed by atoms with Gasteiger partial charge < -0.3 is 15.7 Å². The van der Waals surface area contributed by atoms with E-state index in [0.717, 1.165) is 5.56 Å². The average Bonchev–Trinajstić information content (AvgIpc) is 2.37. The first kappa shape index (κ1) is 15.6. The molecule has 0 bridgehead atoms. The van der Waals surface area contributed by atoms with Crippen molar-refractivity contribution >= 4 is 35.2 Å².